The first-order valence-corrected chi connectivity index (χ1v) is 10.9. The Morgan fingerprint density at radius 2 is 1.83 bits per heavy atom. The molecule has 2 aliphatic carbocycles. The van der Waals surface area contributed by atoms with Gasteiger partial charge in [0.1, 0.15) is 11.9 Å². The van der Waals surface area contributed by atoms with Crippen LogP contribution < -0.4 is 5.32 Å². The normalized spacial score (nSPS) is 22.4. The van der Waals surface area contributed by atoms with Crippen molar-refractivity contribution in [2.45, 2.75) is 64.4 Å². The third-order valence-corrected chi connectivity index (χ3v) is 6.80. The van der Waals surface area contributed by atoms with Crippen LogP contribution in [0.2, 0.25) is 0 Å². The number of halogens is 1. The molecule has 1 spiro atoms. The van der Waals surface area contributed by atoms with E-state index in [0.717, 1.165) is 57.2 Å². The van der Waals surface area contributed by atoms with Gasteiger partial charge in [0.2, 0.25) is 5.91 Å². The third-order valence-electron chi connectivity index (χ3n) is 6.80. The van der Waals surface area contributed by atoms with Gasteiger partial charge >= 0.3 is 5.97 Å². The Morgan fingerprint density at radius 1 is 1.14 bits per heavy atom. The van der Waals surface area contributed by atoms with Crippen LogP contribution in [-0.4, -0.2) is 42.5 Å². The Bertz CT molecular complexity index is 739. The first kappa shape index (κ1) is 20.3. The second-order valence-corrected chi connectivity index (χ2v) is 9.32. The van der Waals surface area contributed by atoms with Crippen molar-refractivity contribution >= 4 is 17.6 Å². The smallest absolute Gasteiger partial charge is 0.320 e. The van der Waals surface area contributed by atoms with Crippen molar-refractivity contribution in [1.29, 1.82) is 0 Å². The van der Waals surface area contributed by atoms with Crippen molar-refractivity contribution in [3.8, 4) is 0 Å². The Balaban J connectivity index is 1.19. The van der Waals surface area contributed by atoms with E-state index in [9.17, 15) is 14.0 Å². The summed E-state index contributed by atoms with van der Waals surface area (Å²) in [7, 11) is 0. The molecule has 1 N–H and O–H groups in total. The van der Waals surface area contributed by atoms with Gasteiger partial charge in [-0.3, -0.25) is 14.5 Å². The van der Waals surface area contributed by atoms with E-state index in [1.807, 2.05) is 6.92 Å². The summed E-state index contributed by atoms with van der Waals surface area (Å²) in [6, 6.07) is 4.61. The fourth-order valence-electron chi connectivity index (χ4n) is 5.29. The third kappa shape index (κ3) is 4.97. The lowest BCUT2D eigenvalue weighted by Crippen LogP contribution is -2.59. The van der Waals surface area contributed by atoms with E-state index in [1.165, 1.54) is 25.0 Å². The molecule has 6 heteroatoms. The number of hydrogen-bond donors (Lipinski definition) is 1. The molecule has 1 aromatic carbocycles. The number of hydrogen-bond acceptors (Lipinski definition) is 4. The van der Waals surface area contributed by atoms with E-state index in [0.29, 0.717) is 12.2 Å². The molecule has 1 aliphatic heterocycles. The molecule has 5 nitrogen and oxygen atoms in total. The topological polar surface area (TPSA) is 58.6 Å². The molecule has 0 aromatic heterocycles. The first-order valence-electron chi connectivity index (χ1n) is 10.9. The van der Waals surface area contributed by atoms with E-state index >= 15 is 0 Å². The molecule has 29 heavy (non-hydrogen) atoms. The number of nitrogens with zero attached hydrogens (tertiary/aromatic N) is 1. The lowest BCUT2D eigenvalue weighted by atomic mass is 9.65. The predicted molar refractivity (Wildman–Crippen MR) is 109 cm³/mol. The number of carbonyl (C=O) groups is 2. The average Bonchev–Trinajstić information content (AvgIpc) is 3.13. The van der Waals surface area contributed by atoms with Gasteiger partial charge in [0, 0.05) is 24.7 Å². The summed E-state index contributed by atoms with van der Waals surface area (Å²) in [6.45, 7) is 4.05. The quantitative estimate of drug-likeness (QED) is 0.755. The van der Waals surface area contributed by atoms with Crippen LogP contribution in [0.15, 0.2) is 18.2 Å². The van der Waals surface area contributed by atoms with Gasteiger partial charge in [-0.25, -0.2) is 4.39 Å². The van der Waals surface area contributed by atoms with E-state index in [1.54, 1.807) is 6.07 Å². The van der Waals surface area contributed by atoms with Gasteiger partial charge in [0.25, 0.3) is 0 Å². The van der Waals surface area contributed by atoms with Gasteiger partial charge in [-0.05, 0) is 87.5 Å². The van der Waals surface area contributed by atoms with Gasteiger partial charge in [0.15, 0.2) is 0 Å². The molecule has 1 heterocycles. The summed E-state index contributed by atoms with van der Waals surface area (Å²) in [6.07, 6.45) is 8.18. The van der Waals surface area contributed by atoms with Crippen molar-refractivity contribution in [3.05, 3.63) is 29.6 Å². The maximum Gasteiger partial charge on any atom is 0.320 e. The molecule has 0 radical (unpaired) electrons. The molecule has 3 aliphatic rings. The van der Waals surface area contributed by atoms with E-state index in [4.69, 9.17) is 4.74 Å². The number of anilines is 1. The molecule has 4 rings (SSSR count). The van der Waals surface area contributed by atoms with Crippen molar-refractivity contribution < 1.29 is 18.7 Å². The summed E-state index contributed by atoms with van der Waals surface area (Å²) in [5.74, 6) is -0.458. The van der Waals surface area contributed by atoms with Crippen molar-refractivity contribution in [2.75, 3.05) is 25.0 Å². The molecule has 0 unspecified atom stereocenters. The molecule has 1 aromatic rings. The highest BCUT2D eigenvalue weighted by Crippen LogP contribution is 2.45. The SMILES string of the molecule is Cc1cc(F)cc(NC(=O)C2CCC3(CC2)CN(CC(=O)OC2CCCC2)C3)c1. The summed E-state index contributed by atoms with van der Waals surface area (Å²) in [4.78, 5) is 26.8. The molecule has 0 atom stereocenters. The lowest BCUT2D eigenvalue weighted by Gasteiger charge is -2.53. The van der Waals surface area contributed by atoms with Crippen molar-refractivity contribution in [2.24, 2.45) is 11.3 Å². The average molecular weight is 403 g/mol. The van der Waals surface area contributed by atoms with Crippen LogP contribution in [0.5, 0.6) is 0 Å². The highest BCUT2D eigenvalue weighted by molar-refractivity contribution is 5.92. The fourth-order valence-corrected chi connectivity index (χ4v) is 5.29. The molecule has 158 valence electrons. The number of benzene rings is 1. The van der Waals surface area contributed by atoms with Gasteiger partial charge in [-0.2, -0.15) is 0 Å². The number of carbonyl (C=O) groups excluding carboxylic acids is 2. The maximum atomic E-state index is 13.5. The second-order valence-electron chi connectivity index (χ2n) is 9.32. The van der Waals surface area contributed by atoms with Crippen LogP contribution >= 0.6 is 0 Å². The fraction of sp³-hybridized carbons (Fsp3) is 0.652. The highest BCUT2D eigenvalue weighted by Gasteiger charge is 2.46. The Morgan fingerprint density at radius 3 is 2.48 bits per heavy atom. The number of nitrogens with one attached hydrogen (secondary N) is 1. The largest absolute Gasteiger partial charge is 0.461 e. The highest BCUT2D eigenvalue weighted by atomic mass is 19.1. The summed E-state index contributed by atoms with van der Waals surface area (Å²) >= 11 is 0. The number of amides is 1. The van der Waals surface area contributed by atoms with E-state index < -0.39 is 0 Å². The van der Waals surface area contributed by atoms with E-state index in [-0.39, 0.29) is 35.1 Å². The molecule has 2 saturated carbocycles. The Hall–Kier alpha value is -1.95. The van der Waals surface area contributed by atoms with E-state index in [2.05, 4.69) is 10.2 Å². The summed E-state index contributed by atoms with van der Waals surface area (Å²) < 4.78 is 19.1. The molecular formula is C23H31FN2O3. The Kier molecular flexibility index (Phi) is 5.91. The maximum absolute atomic E-state index is 13.5. The van der Waals surface area contributed by atoms with Crippen molar-refractivity contribution in [1.82, 2.24) is 4.90 Å². The van der Waals surface area contributed by atoms with Gasteiger partial charge in [0.05, 0.1) is 6.54 Å². The molecule has 1 amide bonds. The second kappa shape index (κ2) is 8.42. The minimum atomic E-state index is -0.330. The van der Waals surface area contributed by atoms with Gasteiger partial charge in [-0.15, -0.1) is 0 Å². The van der Waals surface area contributed by atoms with Crippen LogP contribution in [0.4, 0.5) is 10.1 Å². The molecule has 3 fully saturated rings. The monoisotopic (exact) mass is 402 g/mol. The minimum Gasteiger partial charge on any atom is -0.461 e. The number of ether oxygens (including phenoxy) is 1. The van der Waals surface area contributed by atoms with Crippen LogP contribution in [-0.2, 0) is 14.3 Å². The van der Waals surface area contributed by atoms with Crippen LogP contribution in [0.1, 0.15) is 56.9 Å². The van der Waals surface area contributed by atoms with Crippen LogP contribution in [0.25, 0.3) is 0 Å². The summed E-state index contributed by atoms with van der Waals surface area (Å²) in [5, 5.41) is 2.88. The van der Waals surface area contributed by atoms with Gasteiger partial charge < -0.3 is 10.1 Å². The zero-order valence-corrected chi connectivity index (χ0v) is 17.2. The summed E-state index contributed by atoms with van der Waals surface area (Å²) in [5.41, 5.74) is 1.58. The zero-order valence-electron chi connectivity index (χ0n) is 17.2. The van der Waals surface area contributed by atoms with Crippen LogP contribution in [0, 0.1) is 24.1 Å². The molecule has 1 saturated heterocycles. The Labute approximate surface area is 172 Å². The predicted octanol–water partition coefficient (Wildman–Crippen LogP) is 4.05. The molecule has 0 bridgehead atoms. The van der Waals surface area contributed by atoms with Gasteiger partial charge in [-0.1, -0.05) is 0 Å². The number of likely N-dealkylation sites (tertiary alicyclic amines) is 1. The van der Waals surface area contributed by atoms with Crippen molar-refractivity contribution in [3.63, 3.8) is 0 Å². The standard InChI is InChI=1S/C23H31FN2O3/c1-16-10-18(24)12-19(11-16)25-22(28)17-6-8-23(9-7-17)14-26(15-23)13-21(27)29-20-4-2-3-5-20/h10-12,17,20H,2-9,13-15H2,1H3,(H,25,28). The van der Waals surface area contributed by atoms with Crippen LogP contribution in [0.3, 0.4) is 0 Å². The number of esters is 1. The molecular weight excluding hydrogens is 371 g/mol. The minimum absolute atomic E-state index is 0.0128. The number of rotatable bonds is 5. The first-order chi connectivity index (χ1) is 13.9. The lowest BCUT2D eigenvalue weighted by molar-refractivity contribution is -0.154. The number of aryl methyl sites for hydroxylation is 1. The zero-order chi connectivity index (χ0) is 20.4.